The Kier molecular flexibility index (Phi) is 3.74. The highest BCUT2D eigenvalue weighted by molar-refractivity contribution is 5.34. The van der Waals surface area contributed by atoms with E-state index in [4.69, 9.17) is 5.73 Å². The predicted molar refractivity (Wildman–Crippen MR) is 50.4 cm³/mol. The highest BCUT2D eigenvalue weighted by Crippen LogP contribution is 2.27. The summed E-state index contributed by atoms with van der Waals surface area (Å²) < 4.78 is 54.1. The Labute approximate surface area is 90.0 Å². The van der Waals surface area contributed by atoms with E-state index in [1.54, 1.807) is 0 Å². The van der Waals surface area contributed by atoms with Crippen molar-refractivity contribution >= 4 is 0 Å². The molecule has 0 aliphatic rings. The van der Waals surface area contributed by atoms with Crippen molar-refractivity contribution in [3.8, 4) is 5.75 Å². The molecule has 6 heteroatoms. The van der Waals surface area contributed by atoms with Gasteiger partial charge in [0, 0.05) is 12.1 Å². The third-order valence-corrected chi connectivity index (χ3v) is 2.01. The Balaban J connectivity index is 2.89. The lowest BCUT2D eigenvalue weighted by atomic mass is 10.2. The zero-order valence-electron chi connectivity index (χ0n) is 8.51. The van der Waals surface area contributed by atoms with Crippen LogP contribution in [0, 0.1) is 5.82 Å². The van der Waals surface area contributed by atoms with Crippen molar-refractivity contribution in [2.24, 2.45) is 5.73 Å². The summed E-state index contributed by atoms with van der Waals surface area (Å²) in [6.07, 6.45) is -6.41. The lowest BCUT2D eigenvalue weighted by molar-refractivity contribution is -0.189. The number of nitrogens with two attached hydrogens (primary N) is 1. The second kappa shape index (κ2) is 4.69. The molecule has 0 aliphatic heterocycles. The second-order valence-electron chi connectivity index (χ2n) is 3.26. The molecule has 2 nitrogen and oxygen atoms in total. The van der Waals surface area contributed by atoms with Crippen LogP contribution >= 0.6 is 0 Å². The first kappa shape index (κ1) is 12.8. The van der Waals surface area contributed by atoms with Crippen molar-refractivity contribution in [2.45, 2.75) is 25.7 Å². The Morgan fingerprint density at radius 2 is 2.00 bits per heavy atom. The lowest BCUT2D eigenvalue weighted by Crippen LogP contribution is -2.31. The quantitative estimate of drug-likeness (QED) is 0.820. The van der Waals surface area contributed by atoms with Gasteiger partial charge in [-0.1, -0.05) is 0 Å². The molecule has 0 heterocycles. The minimum absolute atomic E-state index is 0.0475. The molecule has 1 aromatic carbocycles. The Bertz CT molecular complexity index is 364. The molecule has 1 atom stereocenters. The van der Waals surface area contributed by atoms with Crippen molar-refractivity contribution < 1.29 is 22.3 Å². The number of rotatable bonds is 3. The van der Waals surface area contributed by atoms with Crippen LogP contribution in [0.3, 0.4) is 0 Å². The third-order valence-electron chi connectivity index (χ3n) is 2.01. The molecule has 0 saturated carbocycles. The summed E-state index contributed by atoms with van der Waals surface area (Å²) in [5.41, 5.74) is 5.48. The maximum Gasteiger partial charge on any atom is 0.425 e. The summed E-state index contributed by atoms with van der Waals surface area (Å²) in [5.74, 6) is -0.610. The van der Waals surface area contributed by atoms with Gasteiger partial charge in [0.1, 0.15) is 11.6 Å². The van der Waals surface area contributed by atoms with Gasteiger partial charge < -0.3 is 10.5 Å². The molecule has 90 valence electrons. The normalized spacial score (nSPS) is 13.6. The number of ether oxygens (including phenoxy) is 1. The van der Waals surface area contributed by atoms with Gasteiger partial charge in [-0.15, -0.1) is 0 Å². The smallest absolute Gasteiger partial charge is 0.425 e. The first-order valence-electron chi connectivity index (χ1n) is 4.56. The van der Waals surface area contributed by atoms with E-state index in [1.165, 1.54) is 0 Å². The van der Waals surface area contributed by atoms with E-state index in [9.17, 15) is 17.6 Å². The van der Waals surface area contributed by atoms with E-state index >= 15 is 0 Å². The number of halogens is 4. The van der Waals surface area contributed by atoms with Crippen LogP contribution in [0.1, 0.15) is 12.5 Å². The standard InChI is InChI=1S/C10H11F4NO/c1-6(10(12,13)14)16-9-3-2-8(11)4-7(9)5-15/h2-4,6H,5,15H2,1H3. The molecule has 0 spiro atoms. The van der Waals surface area contributed by atoms with Crippen molar-refractivity contribution in [1.82, 2.24) is 0 Å². The average Bonchev–Trinajstić information content (AvgIpc) is 2.19. The van der Waals surface area contributed by atoms with Gasteiger partial charge in [-0.25, -0.2) is 4.39 Å². The maximum absolute atomic E-state index is 12.8. The van der Waals surface area contributed by atoms with Crippen LogP contribution in [0.5, 0.6) is 5.75 Å². The van der Waals surface area contributed by atoms with Crippen molar-refractivity contribution in [1.29, 1.82) is 0 Å². The summed E-state index contributed by atoms with van der Waals surface area (Å²) >= 11 is 0. The summed E-state index contributed by atoms with van der Waals surface area (Å²) in [6, 6.07) is 3.22. The molecule has 1 aromatic rings. The van der Waals surface area contributed by atoms with Gasteiger partial charge in [-0.05, 0) is 25.1 Å². The number of hydrogen-bond donors (Lipinski definition) is 1. The lowest BCUT2D eigenvalue weighted by Gasteiger charge is -2.19. The molecule has 0 amide bonds. The van der Waals surface area contributed by atoms with Crippen LogP contribution in [0.4, 0.5) is 17.6 Å². The van der Waals surface area contributed by atoms with Crippen LogP contribution in [-0.4, -0.2) is 12.3 Å². The molecule has 0 aliphatic carbocycles. The zero-order valence-corrected chi connectivity index (χ0v) is 8.51. The molecule has 1 rings (SSSR count). The van der Waals surface area contributed by atoms with E-state index < -0.39 is 18.1 Å². The van der Waals surface area contributed by atoms with Crippen molar-refractivity contribution in [3.63, 3.8) is 0 Å². The van der Waals surface area contributed by atoms with E-state index in [0.717, 1.165) is 25.1 Å². The summed E-state index contributed by atoms with van der Waals surface area (Å²) in [5, 5.41) is 0. The van der Waals surface area contributed by atoms with Gasteiger partial charge in [0.05, 0.1) is 0 Å². The van der Waals surface area contributed by atoms with Crippen LogP contribution in [0.15, 0.2) is 18.2 Å². The van der Waals surface area contributed by atoms with Crippen LogP contribution in [0.2, 0.25) is 0 Å². The fraction of sp³-hybridized carbons (Fsp3) is 0.400. The van der Waals surface area contributed by atoms with Gasteiger partial charge in [0.15, 0.2) is 6.10 Å². The summed E-state index contributed by atoms with van der Waals surface area (Å²) in [4.78, 5) is 0. The molecular weight excluding hydrogens is 226 g/mol. The number of benzene rings is 1. The minimum atomic E-state index is -4.46. The molecule has 0 radical (unpaired) electrons. The SMILES string of the molecule is CC(Oc1ccc(F)cc1CN)C(F)(F)F. The predicted octanol–water partition coefficient (Wildman–Crippen LogP) is 2.61. The van der Waals surface area contributed by atoms with Crippen LogP contribution in [0.25, 0.3) is 0 Å². The third kappa shape index (κ3) is 3.10. The molecule has 0 bridgehead atoms. The molecular formula is C10H11F4NO. The molecule has 16 heavy (non-hydrogen) atoms. The Hall–Kier alpha value is -1.30. The molecule has 0 aromatic heterocycles. The minimum Gasteiger partial charge on any atom is -0.481 e. The number of alkyl halides is 3. The average molecular weight is 237 g/mol. The van der Waals surface area contributed by atoms with Crippen molar-refractivity contribution in [2.75, 3.05) is 0 Å². The summed E-state index contributed by atoms with van der Waals surface area (Å²) in [7, 11) is 0. The highest BCUT2D eigenvalue weighted by Gasteiger charge is 2.38. The van der Waals surface area contributed by atoms with E-state index in [0.29, 0.717) is 0 Å². The largest absolute Gasteiger partial charge is 0.481 e. The van der Waals surface area contributed by atoms with E-state index in [2.05, 4.69) is 4.74 Å². The van der Waals surface area contributed by atoms with Gasteiger partial charge in [0.2, 0.25) is 0 Å². The van der Waals surface area contributed by atoms with Gasteiger partial charge in [-0.2, -0.15) is 13.2 Å². The summed E-state index contributed by atoms with van der Waals surface area (Å²) in [6.45, 7) is 0.793. The first-order valence-corrected chi connectivity index (χ1v) is 4.56. The van der Waals surface area contributed by atoms with E-state index in [-0.39, 0.29) is 17.9 Å². The number of hydrogen-bond acceptors (Lipinski definition) is 2. The van der Waals surface area contributed by atoms with Crippen LogP contribution < -0.4 is 10.5 Å². The monoisotopic (exact) mass is 237 g/mol. The Morgan fingerprint density at radius 3 is 2.50 bits per heavy atom. The second-order valence-corrected chi connectivity index (χ2v) is 3.26. The van der Waals surface area contributed by atoms with Crippen molar-refractivity contribution in [3.05, 3.63) is 29.6 Å². The highest BCUT2D eigenvalue weighted by atomic mass is 19.4. The molecule has 1 unspecified atom stereocenters. The zero-order chi connectivity index (χ0) is 12.3. The van der Waals surface area contributed by atoms with E-state index in [1.807, 2.05) is 0 Å². The first-order chi connectivity index (χ1) is 7.34. The fourth-order valence-electron chi connectivity index (χ4n) is 1.08. The van der Waals surface area contributed by atoms with Gasteiger partial charge in [0.25, 0.3) is 0 Å². The maximum atomic E-state index is 12.8. The Morgan fingerprint density at radius 1 is 1.38 bits per heavy atom. The van der Waals surface area contributed by atoms with Gasteiger partial charge >= 0.3 is 6.18 Å². The molecule has 0 fully saturated rings. The molecule has 0 saturated heterocycles. The molecule has 2 N–H and O–H groups in total. The fourth-order valence-corrected chi connectivity index (χ4v) is 1.08. The van der Waals surface area contributed by atoms with Gasteiger partial charge in [-0.3, -0.25) is 0 Å². The topological polar surface area (TPSA) is 35.2 Å². The van der Waals surface area contributed by atoms with Crippen LogP contribution in [-0.2, 0) is 6.54 Å².